The largest absolute Gasteiger partial charge is 0.493 e. The summed E-state index contributed by atoms with van der Waals surface area (Å²) in [6, 6.07) is 15.6. The highest BCUT2D eigenvalue weighted by Gasteiger charge is 2.56. The lowest BCUT2D eigenvalue weighted by Crippen LogP contribution is -2.54. The molecule has 0 radical (unpaired) electrons. The predicted octanol–water partition coefficient (Wildman–Crippen LogP) is 5.01. The standard InChI is InChI=1S/C35H35F2N5O6/c1-21(38)32(43)47-26-19-42(20-26)15-2-16-46-25-8-9-27-29(18-25)39-14-11-30(27)48-31-10-7-24(17-28(31)37)41-34(45)35(12-13-35)33(44)40-23-5-3-22(36)4-6-23/h3-11,14,17-18,21,26H,2,12-13,15-16,19-20,38H2,1H3,(H,40,44)(H,41,45)/t21-/m1/s1. The summed E-state index contributed by atoms with van der Waals surface area (Å²) in [4.78, 5) is 44.0. The zero-order valence-electron chi connectivity index (χ0n) is 26.2. The Hall–Kier alpha value is -5.14. The van der Waals surface area contributed by atoms with Crippen molar-refractivity contribution in [3.63, 3.8) is 0 Å². The van der Waals surface area contributed by atoms with E-state index in [1.54, 1.807) is 37.4 Å². The van der Waals surface area contributed by atoms with Gasteiger partial charge in [0.1, 0.15) is 34.9 Å². The molecule has 0 unspecified atom stereocenters. The zero-order chi connectivity index (χ0) is 33.8. The van der Waals surface area contributed by atoms with E-state index in [4.69, 9.17) is 19.9 Å². The number of likely N-dealkylation sites (tertiary alicyclic amines) is 1. The maximum absolute atomic E-state index is 15.2. The second-order valence-electron chi connectivity index (χ2n) is 12.0. The highest BCUT2D eigenvalue weighted by molar-refractivity contribution is 6.16. The number of pyridine rings is 1. The van der Waals surface area contributed by atoms with Crippen molar-refractivity contribution in [2.75, 3.05) is 36.9 Å². The van der Waals surface area contributed by atoms with E-state index in [1.807, 2.05) is 0 Å². The maximum atomic E-state index is 15.2. The number of nitrogens with one attached hydrogen (secondary N) is 2. The summed E-state index contributed by atoms with van der Waals surface area (Å²) in [5.74, 6) is -1.64. The van der Waals surface area contributed by atoms with Crippen molar-refractivity contribution in [3.8, 4) is 17.2 Å². The SMILES string of the molecule is C[C@@H](N)C(=O)OC1CN(CCCOc2ccc3c(Oc4ccc(NC(=O)C5(C(=O)Nc6ccc(F)cc6)CC5)cc4F)ccnc3c2)C1. The number of nitrogens with two attached hydrogens (primary N) is 1. The summed E-state index contributed by atoms with van der Waals surface area (Å²) in [6.07, 6.45) is 2.90. The number of carbonyl (C=O) groups excluding carboxylic acids is 3. The number of benzene rings is 3. The molecule has 2 amide bonds. The van der Waals surface area contributed by atoms with Gasteiger partial charge in [0, 0.05) is 54.7 Å². The Labute approximate surface area is 275 Å². The van der Waals surface area contributed by atoms with E-state index >= 15 is 4.39 Å². The van der Waals surface area contributed by atoms with Gasteiger partial charge in [-0.05, 0) is 80.8 Å². The summed E-state index contributed by atoms with van der Waals surface area (Å²) >= 11 is 0. The fourth-order valence-corrected chi connectivity index (χ4v) is 5.31. The molecule has 1 atom stereocenters. The quantitative estimate of drug-likeness (QED) is 0.103. The average Bonchev–Trinajstić information content (AvgIpc) is 3.86. The van der Waals surface area contributed by atoms with Gasteiger partial charge in [-0.3, -0.25) is 24.3 Å². The number of amides is 2. The van der Waals surface area contributed by atoms with Crippen LogP contribution in [0.2, 0.25) is 0 Å². The first kappa shape index (κ1) is 32.8. The van der Waals surface area contributed by atoms with Gasteiger partial charge in [-0.2, -0.15) is 0 Å². The molecule has 2 aliphatic rings. The van der Waals surface area contributed by atoms with Gasteiger partial charge >= 0.3 is 5.97 Å². The van der Waals surface area contributed by atoms with E-state index in [-0.39, 0.29) is 23.5 Å². The van der Waals surface area contributed by atoms with Crippen LogP contribution in [0.4, 0.5) is 20.2 Å². The minimum Gasteiger partial charge on any atom is -0.493 e. The number of halogens is 2. The van der Waals surface area contributed by atoms with Gasteiger partial charge in [-0.25, -0.2) is 8.78 Å². The molecule has 250 valence electrons. The second kappa shape index (κ2) is 13.9. The second-order valence-corrected chi connectivity index (χ2v) is 12.0. The van der Waals surface area contributed by atoms with Gasteiger partial charge in [-0.1, -0.05) is 0 Å². The number of nitrogens with zero attached hydrogens (tertiary/aromatic N) is 2. The van der Waals surface area contributed by atoms with Crippen LogP contribution in [0.1, 0.15) is 26.2 Å². The number of ether oxygens (including phenoxy) is 3. The molecule has 48 heavy (non-hydrogen) atoms. The Morgan fingerprint density at radius 1 is 0.958 bits per heavy atom. The summed E-state index contributed by atoms with van der Waals surface area (Å²) in [5, 5.41) is 5.92. The van der Waals surface area contributed by atoms with Crippen molar-refractivity contribution in [1.82, 2.24) is 9.88 Å². The molecular formula is C35H35F2N5O6. The normalized spacial score (nSPS) is 16.0. The molecule has 1 aromatic heterocycles. The molecule has 1 saturated heterocycles. The minimum absolute atomic E-state index is 0.0587. The molecule has 1 aliphatic carbocycles. The first-order valence-corrected chi connectivity index (χ1v) is 15.7. The summed E-state index contributed by atoms with van der Waals surface area (Å²) < 4.78 is 45.5. The number of aromatic nitrogens is 1. The molecule has 2 heterocycles. The number of hydrogen-bond donors (Lipinski definition) is 3. The summed E-state index contributed by atoms with van der Waals surface area (Å²) in [7, 11) is 0. The molecule has 3 aromatic carbocycles. The molecule has 1 aliphatic heterocycles. The molecule has 1 saturated carbocycles. The van der Waals surface area contributed by atoms with E-state index in [1.165, 1.54) is 36.4 Å². The monoisotopic (exact) mass is 659 g/mol. The van der Waals surface area contributed by atoms with Crippen molar-refractivity contribution >= 4 is 40.1 Å². The lowest BCUT2D eigenvalue weighted by molar-refractivity contribution is -0.158. The molecule has 0 spiro atoms. The van der Waals surface area contributed by atoms with Crippen molar-refractivity contribution in [3.05, 3.63) is 84.6 Å². The molecule has 6 rings (SSSR count). The minimum atomic E-state index is -1.28. The van der Waals surface area contributed by atoms with Gasteiger partial charge in [-0.15, -0.1) is 0 Å². The van der Waals surface area contributed by atoms with Gasteiger partial charge in [0.05, 0.1) is 12.1 Å². The molecule has 0 bridgehead atoms. The topological polar surface area (TPSA) is 145 Å². The Morgan fingerprint density at radius 2 is 1.67 bits per heavy atom. The average molecular weight is 660 g/mol. The first-order valence-electron chi connectivity index (χ1n) is 15.7. The third-order valence-electron chi connectivity index (χ3n) is 8.27. The predicted molar refractivity (Wildman–Crippen MR) is 174 cm³/mol. The fraction of sp³-hybridized carbons (Fsp3) is 0.314. The molecule has 4 N–H and O–H groups in total. The van der Waals surface area contributed by atoms with Crippen LogP contribution >= 0.6 is 0 Å². The van der Waals surface area contributed by atoms with Crippen LogP contribution < -0.4 is 25.8 Å². The van der Waals surface area contributed by atoms with E-state index in [0.717, 1.165) is 19.0 Å². The summed E-state index contributed by atoms with van der Waals surface area (Å²) in [6.45, 7) is 4.25. The van der Waals surface area contributed by atoms with Crippen LogP contribution in [0.5, 0.6) is 17.2 Å². The number of anilines is 2. The van der Waals surface area contributed by atoms with Crippen LogP contribution in [0.25, 0.3) is 10.9 Å². The van der Waals surface area contributed by atoms with Crippen molar-refractivity contribution in [2.24, 2.45) is 11.1 Å². The Kier molecular flexibility index (Phi) is 9.51. The Balaban J connectivity index is 1.00. The van der Waals surface area contributed by atoms with E-state index in [0.29, 0.717) is 60.6 Å². The van der Waals surface area contributed by atoms with E-state index in [9.17, 15) is 18.8 Å². The number of carbonyl (C=O) groups is 3. The fourth-order valence-electron chi connectivity index (χ4n) is 5.31. The molecule has 11 nitrogen and oxygen atoms in total. The van der Waals surface area contributed by atoms with Crippen LogP contribution in [-0.4, -0.2) is 66.1 Å². The number of fused-ring (bicyclic) bond motifs is 1. The maximum Gasteiger partial charge on any atom is 0.322 e. The van der Waals surface area contributed by atoms with Crippen LogP contribution in [0.3, 0.4) is 0 Å². The summed E-state index contributed by atoms with van der Waals surface area (Å²) in [5.41, 5.74) is 5.40. The van der Waals surface area contributed by atoms with Crippen LogP contribution in [0, 0.1) is 17.0 Å². The molecule has 4 aromatic rings. The van der Waals surface area contributed by atoms with Crippen molar-refractivity contribution < 1.29 is 37.4 Å². The number of esters is 1. The van der Waals surface area contributed by atoms with Gasteiger partial charge in [0.2, 0.25) is 11.8 Å². The number of rotatable bonds is 13. The third-order valence-corrected chi connectivity index (χ3v) is 8.27. The van der Waals surface area contributed by atoms with Crippen molar-refractivity contribution in [1.29, 1.82) is 0 Å². The molecule has 13 heteroatoms. The molecule has 2 fully saturated rings. The van der Waals surface area contributed by atoms with Crippen LogP contribution in [0.15, 0.2) is 72.9 Å². The van der Waals surface area contributed by atoms with Gasteiger partial charge < -0.3 is 30.6 Å². The highest BCUT2D eigenvalue weighted by Crippen LogP contribution is 2.47. The first-order chi connectivity index (χ1) is 23.1. The van der Waals surface area contributed by atoms with Crippen molar-refractivity contribution in [2.45, 2.75) is 38.3 Å². The van der Waals surface area contributed by atoms with Gasteiger partial charge in [0.15, 0.2) is 11.6 Å². The molecular weight excluding hydrogens is 624 g/mol. The number of hydrogen-bond acceptors (Lipinski definition) is 9. The lowest BCUT2D eigenvalue weighted by atomic mass is 10.0. The Morgan fingerprint density at radius 3 is 2.35 bits per heavy atom. The van der Waals surface area contributed by atoms with Gasteiger partial charge in [0.25, 0.3) is 0 Å². The van der Waals surface area contributed by atoms with Crippen LogP contribution in [-0.2, 0) is 19.1 Å². The third kappa shape index (κ3) is 7.53. The van der Waals surface area contributed by atoms with E-state index in [2.05, 4.69) is 20.5 Å². The lowest BCUT2D eigenvalue weighted by Gasteiger charge is -2.38. The Bertz CT molecular complexity index is 1830. The highest BCUT2D eigenvalue weighted by atomic mass is 19.1. The smallest absolute Gasteiger partial charge is 0.322 e. The van der Waals surface area contributed by atoms with E-state index < -0.39 is 34.9 Å². The zero-order valence-corrected chi connectivity index (χ0v) is 26.2.